The molecule has 0 aromatic rings. The zero-order chi connectivity index (χ0) is 10.1. The Kier molecular flexibility index (Phi) is 2.77. The van der Waals surface area contributed by atoms with Crippen molar-refractivity contribution >= 4 is 5.91 Å². The molecular formula is C11H19NO2. The Morgan fingerprint density at radius 3 is 2.50 bits per heavy atom. The zero-order valence-corrected chi connectivity index (χ0v) is 8.78. The van der Waals surface area contributed by atoms with Gasteiger partial charge in [0.2, 0.25) is 5.91 Å². The summed E-state index contributed by atoms with van der Waals surface area (Å²) in [5.41, 5.74) is 0. The second-order valence-corrected chi connectivity index (χ2v) is 4.84. The fraction of sp³-hybridized carbons (Fsp3) is 0.909. The smallest absolute Gasteiger partial charge is 0.225 e. The molecule has 2 fully saturated rings. The molecule has 3 nitrogen and oxygen atoms in total. The third-order valence-corrected chi connectivity index (χ3v) is 3.57. The number of amides is 1. The number of nitrogens with zero attached hydrogens (tertiary/aromatic N) is 1. The molecule has 80 valence electrons. The second-order valence-electron chi connectivity index (χ2n) is 4.84. The van der Waals surface area contributed by atoms with E-state index in [9.17, 15) is 4.79 Å². The van der Waals surface area contributed by atoms with E-state index in [1.54, 1.807) is 0 Å². The van der Waals surface area contributed by atoms with Crippen molar-refractivity contribution in [3.63, 3.8) is 0 Å². The highest BCUT2D eigenvalue weighted by molar-refractivity contribution is 5.79. The first-order valence-corrected chi connectivity index (χ1v) is 5.60. The fourth-order valence-electron chi connectivity index (χ4n) is 2.29. The van der Waals surface area contributed by atoms with E-state index in [-0.39, 0.29) is 6.10 Å². The maximum atomic E-state index is 11.7. The third kappa shape index (κ3) is 1.92. The lowest BCUT2D eigenvalue weighted by molar-refractivity contribution is -0.138. The summed E-state index contributed by atoms with van der Waals surface area (Å²) in [6, 6.07) is 0. The van der Waals surface area contributed by atoms with Crippen LogP contribution in [0, 0.1) is 11.8 Å². The Balaban J connectivity index is 1.71. The highest BCUT2D eigenvalue weighted by atomic mass is 16.3. The molecule has 1 amide bonds. The van der Waals surface area contributed by atoms with Gasteiger partial charge in [-0.25, -0.2) is 0 Å². The number of rotatable bonds is 3. The monoisotopic (exact) mass is 197 g/mol. The number of hydrogen-bond donors (Lipinski definition) is 1. The molecule has 2 rings (SSSR count). The van der Waals surface area contributed by atoms with Crippen LogP contribution >= 0.6 is 0 Å². The van der Waals surface area contributed by atoms with Gasteiger partial charge in [-0.1, -0.05) is 6.42 Å². The minimum Gasteiger partial charge on any atom is -0.393 e. The van der Waals surface area contributed by atoms with E-state index in [2.05, 4.69) is 0 Å². The molecule has 0 spiro atoms. The topological polar surface area (TPSA) is 40.5 Å². The quantitative estimate of drug-likeness (QED) is 0.733. The minimum atomic E-state index is -0.104. The van der Waals surface area contributed by atoms with Crippen LogP contribution in [0.15, 0.2) is 0 Å². The first-order valence-electron chi connectivity index (χ1n) is 5.60. The van der Waals surface area contributed by atoms with Gasteiger partial charge in [-0.2, -0.15) is 0 Å². The summed E-state index contributed by atoms with van der Waals surface area (Å²) in [6.07, 6.45) is 5.02. The van der Waals surface area contributed by atoms with E-state index < -0.39 is 0 Å². The summed E-state index contributed by atoms with van der Waals surface area (Å²) < 4.78 is 0. The van der Waals surface area contributed by atoms with Crippen LogP contribution in [0.2, 0.25) is 0 Å². The van der Waals surface area contributed by atoms with E-state index in [0.29, 0.717) is 17.7 Å². The molecule has 14 heavy (non-hydrogen) atoms. The van der Waals surface area contributed by atoms with Crippen LogP contribution in [0.5, 0.6) is 0 Å². The molecule has 0 radical (unpaired) electrons. The lowest BCUT2D eigenvalue weighted by Gasteiger charge is -2.36. The van der Waals surface area contributed by atoms with Crippen LogP contribution in [-0.4, -0.2) is 35.6 Å². The van der Waals surface area contributed by atoms with Gasteiger partial charge in [-0.15, -0.1) is 0 Å². The highest BCUT2D eigenvalue weighted by Gasteiger charge is 2.32. The van der Waals surface area contributed by atoms with Crippen LogP contribution in [0.4, 0.5) is 0 Å². The van der Waals surface area contributed by atoms with Crippen LogP contribution in [0.1, 0.15) is 32.1 Å². The molecule has 0 unspecified atom stereocenters. The molecule has 0 bridgehead atoms. The van der Waals surface area contributed by atoms with Crippen molar-refractivity contribution in [1.82, 2.24) is 4.90 Å². The summed E-state index contributed by atoms with van der Waals surface area (Å²) in [5.74, 6) is 1.17. The number of hydrogen-bond acceptors (Lipinski definition) is 2. The van der Waals surface area contributed by atoms with E-state index in [0.717, 1.165) is 32.2 Å². The lowest BCUT2D eigenvalue weighted by atomic mass is 9.81. The molecule has 0 aliphatic heterocycles. The van der Waals surface area contributed by atoms with E-state index in [4.69, 9.17) is 5.11 Å². The van der Waals surface area contributed by atoms with E-state index >= 15 is 0 Å². The Labute approximate surface area is 85.1 Å². The molecule has 1 N–H and O–H groups in total. The number of aliphatic hydroxyl groups excluding tert-OH is 1. The van der Waals surface area contributed by atoms with Gasteiger partial charge in [0.25, 0.3) is 0 Å². The van der Waals surface area contributed by atoms with Gasteiger partial charge >= 0.3 is 0 Å². The molecule has 0 heterocycles. The fourth-order valence-corrected chi connectivity index (χ4v) is 2.29. The van der Waals surface area contributed by atoms with Gasteiger partial charge in [0, 0.05) is 19.5 Å². The average molecular weight is 197 g/mol. The van der Waals surface area contributed by atoms with E-state index in [1.165, 1.54) is 6.42 Å². The van der Waals surface area contributed by atoms with Crippen molar-refractivity contribution < 1.29 is 9.90 Å². The Morgan fingerprint density at radius 1 is 1.43 bits per heavy atom. The summed E-state index contributed by atoms with van der Waals surface area (Å²) in [6.45, 7) is 0.840. The SMILES string of the molecule is CN(CC1CC(O)C1)C(=O)C1CCC1. The maximum Gasteiger partial charge on any atom is 0.225 e. The molecule has 0 saturated heterocycles. The number of carbonyl (C=O) groups is 1. The van der Waals surface area contributed by atoms with Crippen LogP contribution in [0.3, 0.4) is 0 Å². The van der Waals surface area contributed by atoms with Crippen molar-refractivity contribution in [1.29, 1.82) is 0 Å². The molecule has 2 saturated carbocycles. The maximum absolute atomic E-state index is 11.7. The summed E-state index contributed by atoms with van der Waals surface area (Å²) in [5, 5.41) is 9.13. The van der Waals surface area contributed by atoms with E-state index in [1.807, 2.05) is 11.9 Å². The van der Waals surface area contributed by atoms with Crippen molar-refractivity contribution in [3.8, 4) is 0 Å². The van der Waals surface area contributed by atoms with Crippen LogP contribution in [-0.2, 0) is 4.79 Å². The standard InChI is InChI=1S/C11H19NO2/c1-12(7-8-5-10(13)6-8)11(14)9-3-2-4-9/h8-10,13H,2-7H2,1H3. The van der Waals surface area contributed by atoms with Crippen LogP contribution in [0.25, 0.3) is 0 Å². The van der Waals surface area contributed by atoms with Crippen molar-refractivity contribution in [2.75, 3.05) is 13.6 Å². The van der Waals surface area contributed by atoms with Crippen molar-refractivity contribution in [2.45, 2.75) is 38.2 Å². The lowest BCUT2D eigenvalue weighted by Crippen LogP contribution is -2.43. The summed E-state index contributed by atoms with van der Waals surface area (Å²) >= 11 is 0. The average Bonchev–Trinajstić information content (AvgIpc) is 1.98. The molecule has 0 aromatic carbocycles. The summed E-state index contributed by atoms with van der Waals surface area (Å²) in [7, 11) is 1.89. The predicted octanol–water partition coefficient (Wildman–Crippen LogP) is 1.02. The van der Waals surface area contributed by atoms with Gasteiger partial charge in [0.15, 0.2) is 0 Å². The molecule has 0 atom stereocenters. The largest absolute Gasteiger partial charge is 0.393 e. The van der Waals surface area contributed by atoms with Crippen molar-refractivity contribution in [2.24, 2.45) is 11.8 Å². The Bertz CT molecular complexity index is 219. The Hall–Kier alpha value is -0.570. The molecular weight excluding hydrogens is 178 g/mol. The minimum absolute atomic E-state index is 0.104. The zero-order valence-electron chi connectivity index (χ0n) is 8.78. The normalized spacial score (nSPS) is 31.9. The first-order chi connectivity index (χ1) is 6.66. The van der Waals surface area contributed by atoms with Gasteiger partial charge < -0.3 is 10.0 Å². The second kappa shape index (κ2) is 3.89. The van der Waals surface area contributed by atoms with Gasteiger partial charge in [-0.3, -0.25) is 4.79 Å². The predicted molar refractivity (Wildman–Crippen MR) is 53.7 cm³/mol. The van der Waals surface area contributed by atoms with Crippen molar-refractivity contribution in [3.05, 3.63) is 0 Å². The Morgan fingerprint density at radius 2 is 2.07 bits per heavy atom. The van der Waals surface area contributed by atoms with Gasteiger partial charge in [0.1, 0.15) is 0 Å². The molecule has 2 aliphatic rings. The number of aliphatic hydroxyl groups is 1. The molecule has 0 aromatic heterocycles. The third-order valence-electron chi connectivity index (χ3n) is 3.57. The summed E-state index contributed by atoms with van der Waals surface area (Å²) in [4.78, 5) is 13.6. The van der Waals surface area contributed by atoms with Crippen LogP contribution < -0.4 is 0 Å². The van der Waals surface area contributed by atoms with Gasteiger partial charge in [0.05, 0.1) is 6.10 Å². The number of carbonyl (C=O) groups excluding carboxylic acids is 1. The van der Waals surface area contributed by atoms with Gasteiger partial charge in [-0.05, 0) is 31.6 Å². The highest BCUT2D eigenvalue weighted by Crippen LogP contribution is 2.31. The molecule has 3 heteroatoms. The first kappa shape index (κ1) is 9.97. The molecule has 2 aliphatic carbocycles.